The monoisotopic (exact) mass is 323 g/mol. The number of anilines is 1. The molecule has 2 aromatic carbocycles. The summed E-state index contributed by atoms with van der Waals surface area (Å²) in [6, 6.07) is 16.2. The standard InChI is InChI=1S/C17H13N3O2S/c1-11(21)13-8-5-9-14(10-13)18-17(22)16-15(19-20-23-16)12-6-3-2-4-7-12/h2-10H,1H3,(H,18,22). The van der Waals surface area contributed by atoms with Crippen molar-refractivity contribution >= 4 is 28.9 Å². The van der Waals surface area contributed by atoms with Gasteiger partial charge >= 0.3 is 0 Å². The molecule has 0 saturated heterocycles. The Hall–Kier alpha value is -2.86. The highest BCUT2D eigenvalue weighted by Crippen LogP contribution is 2.24. The van der Waals surface area contributed by atoms with Gasteiger partial charge in [0, 0.05) is 16.8 Å². The Kier molecular flexibility index (Phi) is 4.25. The van der Waals surface area contributed by atoms with Crippen LogP contribution in [0.1, 0.15) is 27.0 Å². The molecular formula is C17H13N3O2S. The Balaban J connectivity index is 1.87. The van der Waals surface area contributed by atoms with Gasteiger partial charge in [-0.25, -0.2) is 0 Å². The molecule has 0 saturated carbocycles. The summed E-state index contributed by atoms with van der Waals surface area (Å²) >= 11 is 1.04. The van der Waals surface area contributed by atoms with Crippen molar-refractivity contribution in [1.82, 2.24) is 9.59 Å². The van der Waals surface area contributed by atoms with Gasteiger partial charge < -0.3 is 5.32 Å². The fourth-order valence-electron chi connectivity index (χ4n) is 2.13. The number of hydrogen-bond donors (Lipinski definition) is 1. The number of benzene rings is 2. The van der Waals surface area contributed by atoms with Gasteiger partial charge in [-0.05, 0) is 30.6 Å². The Labute approximate surface area is 137 Å². The zero-order valence-electron chi connectivity index (χ0n) is 12.3. The number of Topliss-reactive ketones (excluding diaryl/α,β-unsaturated/α-hetero) is 1. The van der Waals surface area contributed by atoms with Gasteiger partial charge in [-0.15, -0.1) is 5.10 Å². The number of carbonyl (C=O) groups is 2. The highest BCUT2D eigenvalue weighted by atomic mass is 32.1. The van der Waals surface area contributed by atoms with E-state index in [1.807, 2.05) is 30.3 Å². The van der Waals surface area contributed by atoms with E-state index in [1.54, 1.807) is 24.3 Å². The van der Waals surface area contributed by atoms with Crippen LogP contribution in [0, 0.1) is 0 Å². The van der Waals surface area contributed by atoms with E-state index in [0.29, 0.717) is 21.8 Å². The Morgan fingerprint density at radius 3 is 2.57 bits per heavy atom. The van der Waals surface area contributed by atoms with Crippen LogP contribution >= 0.6 is 11.5 Å². The van der Waals surface area contributed by atoms with Crippen molar-refractivity contribution in [1.29, 1.82) is 0 Å². The number of nitrogens with one attached hydrogen (secondary N) is 1. The minimum Gasteiger partial charge on any atom is -0.321 e. The molecule has 5 nitrogen and oxygen atoms in total. The number of aromatic nitrogens is 2. The molecule has 23 heavy (non-hydrogen) atoms. The second-order valence-corrected chi connectivity index (χ2v) is 5.66. The molecule has 0 spiro atoms. The normalized spacial score (nSPS) is 10.3. The van der Waals surface area contributed by atoms with Crippen LogP contribution in [0.2, 0.25) is 0 Å². The van der Waals surface area contributed by atoms with Gasteiger partial charge in [-0.1, -0.05) is 47.0 Å². The number of nitrogens with zero attached hydrogens (tertiary/aromatic N) is 2. The predicted molar refractivity (Wildman–Crippen MR) is 89.7 cm³/mol. The van der Waals surface area contributed by atoms with Gasteiger partial charge in [0.2, 0.25) is 0 Å². The van der Waals surface area contributed by atoms with E-state index in [4.69, 9.17) is 0 Å². The number of ketones is 1. The van der Waals surface area contributed by atoms with E-state index in [0.717, 1.165) is 17.1 Å². The number of hydrogen-bond acceptors (Lipinski definition) is 5. The smallest absolute Gasteiger partial charge is 0.269 e. The lowest BCUT2D eigenvalue weighted by atomic mass is 10.1. The van der Waals surface area contributed by atoms with Gasteiger partial charge in [0.1, 0.15) is 10.6 Å². The molecule has 0 radical (unpaired) electrons. The molecular weight excluding hydrogens is 310 g/mol. The minimum absolute atomic E-state index is 0.0504. The molecule has 1 amide bonds. The average Bonchev–Trinajstić information content (AvgIpc) is 3.05. The van der Waals surface area contributed by atoms with Gasteiger partial charge in [0.05, 0.1) is 0 Å². The van der Waals surface area contributed by atoms with Crippen molar-refractivity contribution in [3.05, 3.63) is 65.0 Å². The van der Waals surface area contributed by atoms with Crippen LogP contribution in [0.25, 0.3) is 11.3 Å². The van der Waals surface area contributed by atoms with Crippen LogP contribution in [0.3, 0.4) is 0 Å². The molecule has 0 aliphatic carbocycles. The average molecular weight is 323 g/mol. The van der Waals surface area contributed by atoms with Crippen molar-refractivity contribution in [2.24, 2.45) is 0 Å². The van der Waals surface area contributed by atoms with Gasteiger partial charge in [-0.2, -0.15) is 0 Å². The molecule has 114 valence electrons. The summed E-state index contributed by atoms with van der Waals surface area (Å²) in [6.07, 6.45) is 0. The molecule has 0 bridgehead atoms. The fraction of sp³-hybridized carbons (Fsp3) is 0.0588. The molecule has 0 fully saturated rings. The molecule has 0 aliphatic rings. The van der Waals surface area contributed by atoms with E-state index < -0.39 is 0 Å². The van der Waals surface area contributed by atoms with E-state index in [-0.39, 0.29) is 11.7 Å². The first-order valence-electron chi connectivity index (χ1n) is 6.95. The maximum absolute atomic E-state index is 12.5. The van der Waals surface area contributed by atoms with Crippen LogP contribution < -0.4 is 5.32 Å². The number of carbonyl (C=O) groups excluding carboxylic acids is 2. The molecule has 1 heterocycles. The third-order valence-electron chi connectivity index (χ3n) is 3.27. The van der Waals surface area contributed by atoms with Gasteiger partial charge in [0.15, 0.2) is 5.78 Å². The summed E-state index contributed by atoms with van der Waals surface area (Å²) in [6.45, 7) is 1.49. The third kappa shape index (κ3) is 3.32. The van der Waals surface area contributed by atoms with Gasteiger partial charge in [-0.3, -0.25) is 9.59 Å². The van der Waals surface area contributed by atoms with E-state index >= 15 is 0 Å². The summed E-state index contributed by atoms with van der Waals surface area (Å²) in [7, 11) is 0. The van der Waals surface area contributed by atoms with Crippen molar-refractivity contribution in [3.63, 3.8) is 0 Å². The molecule has 3 aromatic rings. The predicted octanol–water partition coefficient (Wildman–Crippen LogP) is 3.66. The summed E-state index contributed by atoms with van der Waals surface area (Å²) < 4.78 is 3.88. The first kappa shape index (κ1) is 15.1. The van der Waals surface area contributed by atoms with Crippen molar-refractivity contribution in [2.75, 3.05) is 5.32 Å². The maximum Gasteiger partial charge on any atom is 0.269 e. The first-order chi connectivity index (χ1) is 11.1. The van der Waals surface area contributed by atoms with Crippen LogP contribution in [-0.2, 0) is 0 Å². The zero-order valence-corrected chi connectivity index (χ0v) is 13.1. The van der Waals surface area contributed by atoms with Crippen molar-refractivity contribution in [3.8, 4) is 11.3 Å². The lowest BCUT2D eigenvalue weighted by Gasteiger charge is -2.06. The third-order valence-corrected chi connectivity index (χ3v) is 3.99. The maximum atomic E-state index is 12.5. The summed E-state index contributed by atoms with van der Waals surface area (Å²) in [4.78, 5) is 24.3. The highest BCUT2D eigenvalue weighted by Gasteiger charge is 2.18. The Morgan fingerprint density at radius 2 is 1.83 bits per heavy atom. The second-order valence-electron chi connectivity index (χ2n) is 4.91. The summed E-state index contributed by atoms with van der Waals surface area (Å²) in [5.41, 5.74) is 2.50. The Morgan fingerprint density at radius 1 is 1.04 bits per heavy atom. The lowest BCUT2D eigenvalue weighted by Crippen LogP contribution is -2.12. The van der Waals surface area contributed by atoms with Crippen LogP contribution in [-0.4, -0.2) is 21.3 Å². The minimum atomic E-state index is -0.292. The molecule has 1 N–H and O–H groups in total. The number of rotatable bonds is 4. The van der Waals surface area contributed by atoms with Crippen molar-refractivity contribution in [2.45, 2.75) is 6.92 Å². The fourth-order valence-corrected chi connectivity index (χ4v) is 2.71. The van der Waals surface area contributed by atoms with E-state index in [2.05, 4.69) is 14.9 Å². The van der Waals surface area contributed by atoms with Crippen LogP contribution in [0.15, 0.2) is 54.6 Å². The molecule has 1 aromatic heterocycles. The second kappa shape index (κ2) is 6.50. The van der Waals surface area contributed by atoms with Gasteiger partial charge in [0.25, 0.3) is 5.91 Å². The summed E-state index contributed by atoms with van der Waals surface area (Å²) in [5.74, 6) is -0.343. The molecule has 0 atom stereocenters. The van der Waals surface area contributed by atoms with Crippen LogP contribution in [0.5, 0.6) is 0 Å². The highest BCUT2D eigenvalue weighted by molar-refractivity contribution is 7.08. The Bertz CT molecular complexity index is 859. The van der Waals surface area contributed by atoms with E-state index in [1.165, 1.54) is 6.92 Å². The van der Waals surface area contributed by atoms with Crippen molar-refractivity contribution < 1.29 is 9.59 Å². The quantitative estimate of drug-likeness (QED) is 0.744. The molecule has 0 unspecified atom stereocenters. The molecule has 6 heteroatoms. The van der Waals surface area contributed by atoms with Crippen LogP contribution in [0.4, 0.5) is 5.69 Å². The molecule has 3 rings (SSSR count). The zero-order chi connectivity index (χ0) is 16.2. The lowest BCUT2D eigenvalue weighted by molar-refractivity contribution is 0.101. The molecule has 0 aliphatic heterocycles. The summed E-state index contributed by atoms with van der Waals surface area (Å²) in [5, 5.41) is 6.84. The first-order valence-corrected chi connectivity index (χ1v) is 7.72. The SMILES string of the molecule is CC(=O)c1cccc(NC(=O)c2snnc2-c2ccccc2)c1. The topological polar surface area (TPSA) is 72.0 Å². The number of amides is 1. The van der Waals surface area contributed by atoms with E-state index in [9.17, 15) is 9.59 Å². The largest absolute Gasteiger partial charge is 0.321 e.